The number of hydrogen-bond donors (Lipinski definition) is 2. The fourth-order valence-corrected chi connectivity index (χ4v) is 3.36. The van der Waals surface area contributed by atoms with Crippen LogP contribution >= 0.6 is 0 Å². The highest BCUT2D eigenvalue weighted by molar-refractivity contribution is 5.21. The molecule has 1 heterocycles. The third-order valence-corrected chi connectivity index (χ3v) is 4.75. The summed E-state index contributed by atoms with van der Waals surface area (Å²) in [6.45, 7) is 3.14. The summed E-state index contributed by atoms with van der Waals surface area (Å²) in [5.41, 5.74) is 7.44. The Kier molecular flexibility index (Phi) is 3.61. The predicted octanol–water partition coefficient (Wildman–Crippen LogP) is 1.58. The fourth-order valence-electron chi connectivity index (χ4n) is 3.36. The lowest BCUT2D eigenvalue weighted by Crippen LogP contribution is -2.54. The van der Waals surface area contributed by atoms with E-state index in [2.05, 4.69) is 35.2 Å². The SMILES string of the molecule is NC(CO)(CN1CCC(c2ccccc2)C1)C1CC1. The monoisotopic (exact) mass is 260 g/mol. The molecule has 1 aliphatic carbocycles. The van der Waals surface area contributed by atoms with Gasteiger partial charge in [-0.3, -0.25) is 0 Å². The molecular weight excluding hydrogens is 236 g/mol. The molecule has 0 bridgehead atoms. The third-order valence-electron chi connectivity index (χ3n) is 4.75. The van der Waals surface area contributed by atoms with E-state index in [9.17, 15) is 5.11 Å². The van der Waals surface area contributed by atoms with E-state index in [0.29, 0.717) is 11.8 Å². The largest absolute Gasteiger partial charge is 0.394 e. The van der Waals surface area contributed by atoms with Crippen LogP contribution in [0.25, 0.3) is 0 Å². The van der Waals surface area contributed by atoms with Gasteiger partial charge in [-0.05, 0) is 43.2 Å². The van der Waals surface area contributed by atoms with Crippen molar-refractivity contribution in [1.82, 2.24) is 4.90 Å². The first-order chi connectivity index (χ1) is 9.21. The lowest BCUT2D eigenvalue weighted by Gasteiger charge is -2.32. The summed E-state index contributed by atoms with van der Waals surface area (Å²) in [5.74, 6) is 1.16. The maximum atomic E-state index is 9.59. The highest BCUT2D eigenvalue weighted by atomic mass is 16.3. The van der Waals surface area contributed by atoms with Crippen LogP contribution in [0.3, 0.4) is 0 Å². The molecule has 1 aromatic rings. The van der Waals surface area contributed by atoms with E-state index >= 15 is 0 Å². The van der Waals surface area contributed by atoms with E-state index in [0.717, 1.165) is 19.6 Å². The molecule has 3 heteroatoms. The summed E-state index contributed by atoms with van der Waals surface area (Å²) >= 11 is 0. The van der Waals surface area contributed by atoms with Crippen molar-refractivity contribution >= 4 is 0 Å². The van der Waals surface area contributed by atoms with Crippen LogP contribution in [-0.2, 0) is 0 Å². The Hall–Kier alpha value is -0.900. The summed E-state index contributed by atoms with van der Waals surface area (Å²) in [6, 6.07) is 10.7. The van der Waals surface area contributed by atoms with Gasteiger partial charge in [0.25, 0.3) is 0 Å². The molecular formula is C16H24N2O. The zero-order valence-corrected chi connectivity index (χ0v) is 11.5. The Morgan fingerprint density at radius 2 is 1.95 bits per heavy atom. The van der Waals surface area contributed by atoms with Crippen molar-refractivity contribution in [3.05, 3.63) is 35.9 Å². The van der Waals surface area contributed by atoms with Crippen LogP contribution in [0.4, 0.5) is 0 Å². The maximum Gasteiger partial charge on any atom is 0.0626 e. The van der Waals surface area contributed by atoms with E-state index in [1.165, 1.54) is 24.8 Å². The number of likely N-dealkylation sites (tertiary alicyclic amines) is 1. The molecule has 2 fully saturated rings. The van der Waals surface area contributed by atoms with Crippen LogP contribution in [0.15, 0.2) is 30.3 Å². The minimum absolute atomic E-state index is 0.115. The van der Waals surface area contributed by atoms with E-state index in [4.69, 9.17) is 5.73 Å². The molecule has 3 nitrogen and oxygen atoms in total. The number of rotatable bonds is 5. The molecule has 0 spiro atoms. The van der Waals surface area contributed by atoms with Gasteiger partial charge in [0.05, 0.1) is 12.1 Å². The summed E-state index contributed by atoms with van der Waals surface area (Å²) in [5, 5.41) is 9.59. The van der Waals surface area contributed by atoms with Crippen molar-refractivity contribution in [3.63, 3.8) is 0 Å². The minimum Gasteiger partial charge on any atom is -0.394 e. The third kappa shape index (κ3) is 2.83. The average Bonchev–Trinajstić information content (AvgIpc) is 3.21. The van der Waals surface area contributed by atoms with E-state index in [-0.39, 0.29) is 12.1 Å². The summed E-state index contributed by atoms with van der Waals surface area (Å²) < 4.78 is 0. The second kappa shape index (κ2) is 5.23. The van der Waals surface area contributed by atoms with Crippen molar-refractivity contribution in [1.29, 1.82) is 0 Å². The Labute approximate surface area is 115 Å². The first-order valence-corrected chi connectivity index (χ1v) is 7.38. The molecule has 0 amide bonds. The van der Waals surface area contributed by atoms with Crippen molar-refractivity contribution < 1.29 is 5.11 Å². The molecule has 3 rings (SSSR count). The van der Waals surface area contributed by atoms with Crippen LogP contribution in [0, 0.1) is 5.92 Å². The van der Waals surface area contributed by atoms with Gasteiger partial charge in [-0.2, -0.15) is 0 Å². The van der Waals surface area contributed by atoms with Crippen molar-refractivity contribution in [2.75, 3.05) is 26.2 Å². The highest BCUT2D eigenvalue weighted by Gasteiger charge is 2.43. The molecule has 0 radical (unpaired) electrons. The highest BCUT2D eigenvalue weighted by Crippen LogP contribution is 2.39. The first-order valence-electron chi connectivity index (χ1n) is 7.38. The van der Waals surface area contributed by atoms with Gasteiger partial charge in [0.1, 0.15) is 0 Å². The van der Waals surface area contributed by atoms with E-state index < -0.39 is 0 Å². The zero-order valence-electron chi connectivity index (χ0n) is 11.5. The minimum atomic E-state index is -0.369. The molecule has 19 heavy (non-hydrogen) atoms. The Balaban J connectivity index is 1.60. The normalized spacial score (nSPS) is 27.4. The quantitative estimate of drug-likeness (QED) is 0.845. The molecule has 3 N–H and O–H groups in total. The van der Waals surface area contributed by atoms with Gasteiger partial charge in [-0.1, -0.05) is 30.3 Å². The predicted molar refractivity (Wildman–Crippen MR) is 77.0 cm³/mol. The molecule has 0 aromatic heterocycles. The number of nitrogens with zero attached hydrogens (tertiary/aromatic N) is 1. The van der Waals surface area contributed by atoms with Gasteiger partial charge in [-0.25, -0.2) is 0 Å². The Bertz CT molecular complexity index is 418. The molecule has 1 aromatic carbocycles. The maximum absolute atomic E-state index is 9.59. The fraction of sp³-hybridized carbons (Fsp3) is 0.625. The van der Waals surface area contributed by atoms with Crippen LogP contribution in [0.1, 0.15) is 30.7 Å². The van der Waals surface area contributed by atoms with Crippen LogP contribution in [0.5, 0.6) is 0 Å². The Morgan fingerprint density at radius 3 is 2.58 bits per heavy atom. The van der Waals surface area contributed by atoms with Gasteiger partial charge in [0, 0.05) is 13.1 Å². The van der Waals surface area contributed by atoms with E-state index in [1.807, 2.05) is 0 Å². The van der Waals surface area contributed by atoms with E-state index in [1.54, 1.807) is 0 Å². The standard InChI is InChI=1S/C16H24N2O/c17-16(12-19,15-6-7-15)11-18-9-8-14(10-18)13-4-2-1-3-5-13/h1-5,14-15,19H,6-12,17H2. The molecule has 1 saturated heterocycles. The van der Waals surface area contributed by atoms with Gasteiger partial charge >= 0.3 is 0 Å². The van der Waals surface area contributed by atoms with Crippen molar-refractivity contribution in [2.45, 2.75) is 30.7 Å². The molecule has 104 valence electrons. The lowest BCUT2D eigenvalue weighted by molar-refractivity contribution is 0.132. The average molecular weight is 260 g/mol. The lowest BCUT2D eigenvalue weighted by atomic mass is 9.95. The molecule has 1 saturated carbocycles. The second-order valence-corrected chi connectivity index (χ2v) is 6.30. The van der Waals surface area contributed by atoms with Crippen LogP contribution in [0.2, 0.25) is 0 Å². The number of benzene rings is 1. The summed E-state index contributed by atoms with van der Waals surface area (Å²) in [4.78, 5) is 2.44. The Morgan fingerprint density at radius 1 is 1.21 bits per heavy atom. The zero-order chi connectivity index (χ0) is 13.3. The van der Waals surface area contributed by atoms with Gasteiger partial charge in [0.15, 0.2) is 0 Å². The number of aliphatic hydroxyl groups excluding tert-OH is 1. The topological polar surface area (TPSA) is 49.5 Å². The van der Waals surface area contributed by atoms with Gasteiger partial charge in [0.2, 0.25) is 0 Å². The van der Waals surface area contributed by atoms with Crippen molar-refractivity contribution in [3.8, 4) is 0 Å². The molecule has 2 unspecified atom stereocenters. The summed E-state index contributed by atoms with van der Waals surface area (Å²) in [7, 11) is 0. The molecule has 2 atom stereocenters. The number of nitrogens with two attached hydrogens (primary N) is 1. The van der Waals surface area contributed by atoms with Gasteiger partial charge < -0.3 is 15.7 Å². The molecule has 1 aliphatic heterocycles. The van der Waals surface area contributed by atoms with Gasteiger partial charge in [-0.15, -0.1) is 0 Å². The van der Waals surface area contributed by atoms with Crippen molar-refractivity contribution in [2.24, 2.45) is 11.7 Å². The smallest absolute Gasteiger partial charge is 0.0626 e. The second-order valence-electron chi connectivity index (χ2n) is 6.30. The van der Waals surface area contributed by atoms with Crippen LogP contribution in [-0.4, -0.2) is 41.8 Å². The number of hydrogen-bond acceptors (Lipinski definition) is 3. The van der Waals surface area contributed by atoms with Crippen LogP contribution < -0.4 is 5.73 Å². The summed E-state index contributed by atoms with van der Waals surface area (Å²) in [6.07, 6.45) is 3.58. The number of aliphatic hydroxyl groups is 1. The molecule has 2 aliphatic rings. The first kappa shape index (κ1) is 13.1.